The smallest absolute Gasteiger partial charge is 0.225 e. The van der Waals surface area contributed by atoms with Crippen LogP contribution in [0, 0.1) is 0 Å². The molecule has 2 aromatic heterocycles. The van der Waals surface area contributed by atoms with Gasteiger partial charge in [0, 0.05) is 37.6 Å². The maximum absolute atomic E-state index is 5.39. The third-order valence-corrected chi connectivity index (χ3v) is 5.26. The Morgan fingerprint density at radius 3 is 2.37 bits per heavy atom. The average molecular weight is 393 g/mol. The van der Waals surface area contributed by atoms with Crippen LogP contribution in [0.1, 0.15) is 25.7 Å². The van der Waals surface area contributed by atoms with Crippen LogP contribution in [0.15, 0.2) is 24.9 Å². The first-order valence-electron chi connectivity index (χ1n) is 9.78. The van der Waals surface area contributed by atoms with Gasteiger partial charge in [-0.2, -0.15) is 0 Å². The average Bonchev–Trinajstić information content (AvgIpc) is 3.18. The van der Waals surface area contributed by atoms with Crippen LogP contribution >= 0.6 is 12.4 Å². The lowest BCUT2D eigenvalue weighted by Gasteiger charge is -2.26. The molecule has 0 unspecified atom stereocenters. The number of ether oxygens (including phenoxy) is 1. The number of hydrogen-bond acceptors (Lipinski definition) is 6. The molecule has 0 aliphatic carbocycles. The number of nitrogens with zero attached hydrogens (tertiary/aromatic N) is 6. The predicted molar refractivity (Wildman–Crippen MR) is 108 cm³/mol. The fourth-order valence-corrected chi connectivity index (χ4v) is 3.77. The van der Waals surface area contributed by atoms with Crippen LogP contribution < -0.4 is 4.90 Å². The highest BCUT2D eigenvalue weighted by Crippen LogP contribution is 2.20. The van der Waals surface area contributed by atoms with Crippen LogP contribution in [0.3, 0.4) is 0 Å². The van der Waals surface area contributed by atoms with Crippen molar-refractivity contribution >= 4 is 18.4 Å². The zero-order valence-corrected chi connectivity index (χ0v) is 16.6. The summed E-state index contributed by atoms with van der Waals surface area (Å²) in [4.78, 5) is 18.2. The molecule has 0 saturated carbocycles. The van der Waals surface area contributed by atoms with Gasteiger partial charge in [-0.15, -0.1) is 12.4 Å². The van der Waals surface area contributed by atoms with E-state index in [1.807, 2.05) is 24.9 Å². The monoisotopic (exact) mass is 392 g/mol. The first-order valence-corrected chi connectivity index (χ1v) is 9.78. The Morgan fingerprint density at radius 1 is 0.889 bits per heavy atom. The van der Waals surface area contributed by atoms with Gasteiger partial charge in [-0.05, 0) is 38.9 Å². The maximum Gasteiger partial charge on any atom is 0.225 e. The molecule has 0 spiro atoms. The van der Waals surface area contributed by atoms with E-state index in [1.54, 1.807) is 0 Å². The number of imidazole rings is 1. The lowest BCUT2D eigenvalue weighted by Crippen LogP contribution is -2.37. The summed E-state index contributed by atoms with van der Waals surface area (Å²) < 4.78 is 7.61. The molecule has 0 bridgehead atoms. The summed E-state index contributed by atoms with van der Waals surface area (Å²) >= 11 is 0. The first kappa shape index (κ1) is 20.0. The quantitative estimate of drug-likeness (QED) is 0.752. The Labute approximate surface area is 167 Å². The van der Waals surface area contributed by atoms with Gasteiger partial charge in [0.05, 0.1) is 31.4 Å². The topological polar surface area (TPSA) is 59.3 Å². The molecule has 27 heavy (non-hydrogen) atoms. The fourth-order valence-electron chi connectivity index (χ4n) is 3.77. The SMILES string of the molecule is Cl.c1nc(N2CCOCC2)ncc1-c1cncn1CCCN1CCCCC1. The van der Waals surface area contributed by atoms with Crippen LogP contribution in [-0.2, 0) is 11.3 Å². The van der Waals surface area contributed by atoms with E-state index >= 15 is 0 Å². The highest BCUT2D eigenvalue weighted by atomic mass is 35.5. The van der Waals surface area contributed by atoms with Crippen LogP contribution in [0.5, 0.6) is 0 Å². The number of likely N-dealkylation sites (tertiary alicyclic amines) is 1. The van der Waals surface area contributed by atoms with Crippen molar-refractivity contribution in [1.29, 1.82) is 0 Å². The van der Waals surface area contributed by atoms with Crippen molar-refractivity contribution in [2.75, 3.05) is 50.8 Å². The van der Waals surface area contributed by atoms with Crippen molar-refractivity contribution in [3.8, 4) is 11.3 Å². The van der Waals surface area contributed by atoms with E-state index in [-0.39, 0.29) is 12.4 Å². The summed E-state index contributed by atoms with van der Waals surface area (Å²) in [6.45, 7) is 7.87. The molecule has 8 heteroatoms. The van der Waals surface area contributed by atoms with Gasteiger partial charge in [-0.3, -0.25) is 0 Å². The molecule has 0 radical (unpaired) electrons. The van der Waals surface area contributed by atoms with Gasteiger partial charge in [0.2, 0.25) is 5.95 Å². The van der Waals surface area contributed by atoms with Gasteiger partial charge in [-0.25, -0.2) is 15.0 Å². The number of morpholine rings is 1. The Hall–Kier alpha value is -1.70. The van der Waals surface area contributed by atoms with E-state index in [2.05, 4.69) is 29.3 Å². The maximum atomic E-state index is 5.39. The van der Waals surface area contributed by atoms with E-state index in [0.29, 0.717) is 0 Å². The number of aryl methyl sites for hydroxylation is 1. The van der Waals surface area contributed by atoms with Crippen molar-refractivity contribution < 1.29 is 4.74 Å². The Bertz CT molecular complexity index is 680. The zero-order chi connectivity index (χ0) is 17.6. The number of aromatic nitrogens is 4. The molecule has 4 rings (SSSR count). The van der Waals surface area contributed by atoms with Gasteiger partial charge in [-0.1, -0.05) is 6.42 Å². The number of anilines is 1. The molecule has 2 aliphatic rings. The van der Waals surface area contributed by atoms with Crippen molar-refractivity contribution in [2.45, 2.75) is 32.2 Å². The highest BCUT2D eigenvalue weighted by molar-refractivity contribution is 5.85. The van der Waals surface area contributed by atoms with Crippen LogP contribution in [-0.4, -0.2) is 70.4 Å². The minimum absolute atomic E-state index is 0. The normalized spacial score (nSPS) is 18.3. The predicted octanol–water partition coefficient (Wildman–Crippen LogP) is 2.47. The number of halogens is 1. The minimum atomic E-state index is 0. The number of piperidine rings is 1. The van der Waals surface area contributed by atoms with E-state index in [9.17, 15) is 0 Å². The third kappa shape index (κ3) is 5.18. The largest absolute Gasteiger partial charge is 0.378 e. The molecule has 4 heterocycles. The van der Waals surface area contributed by atoms with E-state index in [1.165, 1.54) is 38.9 Å². The van der Waals surface area contributed by atoms with Gasteiger partial charge in [0.1, 0.15) is 0 Å². The Kier molecular flexibility index (Phi) is 7.43. The molecule has 2 aromatic rings. The lowest BCUT2D eigenvalue weighted by atomic mass is 10.1. The van der Waals surface area contributed by atoms with Crippen LogP contribution in [0.25, 0.3) is 11.3 Å². The minimum Gasteiger partial charge on any atom is -0.378 e. The molecule has 0 aromatic carbocycles. The van der Waals surface area contributed by atoms with Gasteiger partial charge in [0.25, 0.3) is 0 Å². The summed E-state index contributed by atoms with van der Waals surface area (Å²) in [7, 11) is 0. The highest BCUT2D eigenvalue weighted by Gasteiger charge is 2.15. The summed E-state index contributed by atoms with van der Waals surface area (Å²) in [5.41, 5.74) is 2.12. The van der Waals surface area contributed by atoms with Crippen molar-refractivity contribution in [2.24, 2.45) is 0 Å². The number of hydrogen-bond donors (Lipinski definition) is 0. The second kappa shape index (κ2) is 10.0. The second-order valence-electron chi connectivity index (χ2n) is 7.10. The summed E-state index contributed by atoms with van der Waals surface area (Å²) in [6, 6.07) is 0. The molecule has 2 saturated heterocycles. The van der Waals surface area contributed by atoms with Gasteiger partial charge >= 0.3 is 0 Å². The summed E-state index contributed by atoms with van der Waals surface area (Å²) in [6.07, 6.45) is 12.9. The van der Waals surface area contributed by atoms with E-state index in [4.69, 9.17) is 4.74 Å². The Balaban J connectivity index is 0.00000210. The van der Waals surface area contributed by atoms with E-state index < -0.39 is 0 Å². The van der Waals surface area contributed by atoms with E-state index in [0.717, 1.165) is 56.5 Å². The molecule has 148 valence electrons. The van der Waals surface area contributed by atoms with Gasteiger partial charge < -0.3 is 19.1 Å². The molecular formula is C19H29ClN6O. The van der Waals surface area contributed by atoms with Gasteiger partial charge in [0.15, 0.2) is 0 Å². The molecule has 0 amide bonds. The lowest BCUT2D eigenvalue weighted by molar-refractivity contribution is 0.122. The summed E-state index contributed by atoms with van der Waals surface area (Å²) in [5.74, 6) is 0.785. The molecule has 7 nitrogen and oxygen atoms in total. The zero-order valence-electron chi connectivity index (χ0n) is 15.8. The number of rotatable bonds is 6. The van der Waals surface area contributed by atoms with Crippen molar-refractivity contribution in [3.63, 3.8) is 0 Å². The molecular weight excluding hydrogens is 364 g/mol. The van der Waals surface area contributed by atoms with Crippen molar-refractivity contribution in [1.82, 2.24) is 24.4 Å². The Morgan fingerprint density at radius 2 is 1.63 bits per heavy atom. The van der Waals surface area contributed by atoms with Crippen LogP contribution in [0.4, 0.5) is 5.95 Å². The third-order valence-electron chi connectivity index (χ3n) is 5.26. The fraction of sp³-hybridized carbons (Fsp3) is 0.632. The van der Waals surface area contributed by atoms with Crippen LogP contribution in [0.2, 0.25) is 0 Å². The first-order chi connectivity index (χ1) is 12.9. The molecule has 0 N–H and O–H groups in total. The molecule has 2 fully saturated rings. The summed E-state index contributed by atoms with van der Waals surface area (Å²) in [5, 5.41) is 0. The molecule has 2 aliphatic heterocycles. The second-order valence-corrected chi connectivity index (χ2v) is 7.10. The van der Waals surface area contributed by atoms with Crippen molar-refractivity contribution in [3.05, 3.63) is 24.9 Å². The molecule has 0 atom stereocenters. The standard InChI is InChI=1S/C19H28N6O.ClH/c1-2-5-23(6-3-1)7-4-8-25-16-20-15-18(25)17-13-21-19(22-14-17)24-9-11-26-12-10-24;/h13-16H,1-12H2;1H.